The maximum atomic E-state index is 12.5. The predicted octanol–water partition coefficient (Wildman–Crippen LogP) is 3.75. The van der Waals surface area contributed by atoms with E-state index in [1.165, 1.54) is 23.3 Å². The Labute approximate surface area is 151 Å². The van der Waals surface area contributed by atoms with Crippen LogP contribution in [-0.2, 0) is 5.41 Å². The third-order valence-electron chi connectivity index (χ3n) is 3.28. The highest BCUT2D eigenvalue weighted by atomic mass is 16.2. The molecular weight excluding hydrogens is 302 g/mol. The van der Waals surface area contributed by atoms with Gasteiger partial charge in [0.05, 0.1) is 16.9 Å². The number of anilines is 1. The van der Waals surface area contributed by atoms with Crippen LogP contribution in [0.1, 0.15) is 41.6 Å². The fraction of sp³-hybridized carbons (Fsp3) is 0.278. The number of carbonyl (C=O) groups excluding carboxylic acids is 1. The molecule has 0 fully saturated rings. The second-order valence-electron chi connectivity index (χ2n) is 6.20. The van der Waals surface area contributed by atoms with E-state index < -0.39 is 48.0 Å². The number of nitrogens with one attached hydrogen (secondary N) is 1. The summed E-state index contributed by atoms with van der Waals surface area (Å²) in [4.78, 5) is 16.3. The molecule has 3 rings (SSSR count). The molecule has 2 heterocycles. The molecule has 3 aromatic rings. The van der Waals surface area contributed by atoms with E-state index in [0.29, 0.717) is 5.69 Å². The van der Waals surface area contributed by atoms with Crippen LogP contribution in [0, 0.1) is 6.85 Å². The summed E-state index contributed by atoms with van der Waals surface area (Å²) in [5, 5.41) is 7.04. The topological polar surface area (TPSA) is 64.7 Å². The van der Waals surface area contributed by atoms with Crippen LogP contribution < -0.4 is 5.32 Å². The lowest BCUT2D eigenvalue weighted by molar-refractivity contribution is 0.253. The molecule has 0 aliphatic carbocycles. The standard InChI is InChI=1S/C18H21N5O/c1-13-5-7-14(8-6-13)23-16(11-15(21-23)18(2,3)4)20-17(24)22-10-9-19-12-22/h5-12H,1-4H3,(H,20,24)/i1D3,5D,6D,7D,8D. The molecule has 124 valence electrons. The van der Waals surface area contributed by atoms with Crippen molar-refractivity contribution in [1.82, 2.24) is 19.3 Å². The molecule has 1 N–H and O–H groups in total. The molecule has 0 bridgehead atoms. The van der Waals surface area contributed by atoms with Crippen LogP contribution in [0.2, 0.25) is 0 Å². The number of amides is 1. The summed E-state index contributed by atoms with van der Waals surface area (Å²) in [7, 11) is 0. The van der Waals surface area contributed by atoms with E-state index in [2.05, 4.69) is 15.4 Å². The molecule has 1 aromatic carbocycles. The minimum Gasteiger partial charge on any atom is -0.291 e. The highest BCUT2D eigenvalue weighted by Gasteiger charge is 2.21. The van der Waals surface area contributed by atoms with Gasteiger partial charge in [-0.05, 0) is 18.9 Å². The highest BCUT2D eigenvalue weighted by molar-refractivity contribution is 5.90. The van der Waals surface area contributed by atoms with Gasteiger partial charge in [0.1, 0.15) is 12.1 Å². The van der Waals surface area contributed by atoms with E-state index in [4.69, 9.17) is 9.60 Å². The van der Waals surface area contributed by atoms with Crippen molar-refractivity contribution in [2.45, 2.75) is 33.0 Å². The quantitative estimate of drug-likeness (QED) is 0.778. The fourth-order valence-electron chi connectivity index (χ4n) is 1.97. The van der Waals surface area contributed by atoms with Crippen LogP contribution in [0.5, 0.6) is 0 Å². The summed E-state index contributed by atoms with van der Waals surface area (Å²) in [6.07, 6.45) is 4.15. The van der Waals surface area contributed by atoms with Crippen LogP contribution >= 0.6 is 0 Å². The maximum absolute atomic E-state index is 12.5. The molecule has 0 unspecified atom stereocenters. The lowest BCUT2D eigenvalue weighted by Gasteiger charge is -2.14. The first-order chi connectivity index (χ1) is 14.2. The smallest absolute Gasteiger partial charge is 0.291 e. The van der Waals surface area contributed by atoms with E-state index in [0.717, 1.165) is 4.68 Å². The summed E-state index contributed by atoms with van der Waals surface area (Å²) in [5.41, 5.74) is -0.876. The van der Waals surface area contributed by atoms with Crippen molar-refractivity contribution >= 4 is 11.8 Å². The third-order valence-corrected chi connectivity index (χ3v) is 3.28. The first kappa shape index (κ1) is 9.42. The average Bonchev–Trinajstić information content (AvgIpc) is 3.29. The number of rotatable bonds is 2. The zero-order valence-corrected chi connectivity index (χ0v) is 13.5. The summed E-state index contributed by atoms with van der Waals surface area (Å²) >= 11 is 0. The Hall–Kier alpha value is -2.89. The fourth-order valence-corrected chi connectivity index (χ4v) is 1.97. The Balaban J connectivity index is 2.25. The number of benzene rings is 1. The minimum absolute atomic E-state index is 0.103. The first-order valence-corrected chi connectivity index (χ1v) is 7.24. The molecule has 0 spiro atoms. The molecule has 0 atom stereocenters. The van der Waals surface area contributed by atoms with Gasteiger partial charge in [-0.15, -0.1) is 0 Å². The Bertz CT molecular complexity index is 1110. The number of imidazole rings is 1. The van der Waals surface area contributed by atoms with Gasteiger partial charge in [-0.3, -0.25) is 9.88 Å². The first-order valence-electron chi connectivity index (χ1n) is 10.7. The molecule has 0 saturated carbocycles. The van der Waals surface area contributed by atoms with E-state index in [9.17, 15) is 4.79 Å². The van der Waals surface area contributed by atoms with E-state index in [1.807, 2.05) is 20.8 Å². The van der Waals surface area contributed by atoms with Crippen molar-refractivity contribution in [2.75, 3.05) is 5.32 Å². The molecule has 24 heavy (non-hydrogen) atoms. The summed E-state index contributed by atoms with van der Waals surface area (Å²) in [6.45, 7) is 2.83. The Morgan fingerprint density at radius 2 is 2.04 bits per heavy atom. The number of aromatic nitrogens is 4. The van der Waals surface area contributed by atoms with Gasteiger partial charge in [0.2, 0.25) is 0 Å². The SMILES string of the molecule is [2H]c1c([2H])c(C([2H])([2H])[2H])c([2H])c([2H])c1-n1nc(C(C)(C)C)cc1NC(=O)n1ccnc1. The summed E-state index contributed by atoms with van der Waals surface area (Å²) < 4.78 is 57.9. The Kier molecular flexibility index (Phi) is 2.34. The highest BCUT2D eigenvalue weighted by Crippen LogP contribution is 2.26. The van der Waals surface area contributed by atoms with Gasteiger partial charge >= 0.3 is 6.03 Å². The van der Waals surface area contributed by atoms with Crippen LogP contribution in [0.25, 0.3) is 5.69 Å². The molecular formula is C18H21N5O. The van der Waals surface area contributed by atoms with Crippen molar-refractivity contribution in [1.29, 1.82) is 0 Å². The van der Waals surface area contributed by atoms with Crippen molar-refractivity contribution in [2.24, 2.45) is 0 Å². The maximum Gasteiger partial charge on any atom is 0.332 e. The molecule has 6 nitrogen and oxygen atoms in total. The summed E-state index contributed by atoms with van der Waals surface area (Å²) in [5.74, 6) is 0.103. The molecule has 6 heteroatoms. The van der Waals surface area contributed by atoms with Crippen molar-refractivity contribution < 1.29 is 14.4 Å². The Morgan fingerprint density at radius 3 is 2.62 bits per heavy atom. The lowest BCUT2D eigenvalue weighted by Crippen LogP contribution is -2.19. The van der Waals surface area contributed by atoms with Crippen LogP contribution in [0.15, 0.2) is 49.0 Å². The van der Waals surface area contributed by atoms with Gasteiger partial charge in [0, 0.05) is 28.0 Å². The van der Waals surface area contributed by atoms with E-state index in [-0.39, 0.29) is 11.5 Å². The third kappa shape index (κ3) is 3.22. The normalized spacial score (nSPS) is 16.2. The average molecular weight is 330 g/mol. The van der Waals surface area contributed by atoms with Gasteiger partial charge in [0.15, 0.2) is 0 Å². The molecule has 2 aromatic heterocycles. The summed E-state index contributed by atoms with van der Waals surface area (Å²) in [6, 6.07) is -1.53. The van der Waals surface area contributed by atoms with E-state index >= 15 is 0 Å². The second-order valence-corrected chi connectivity index (χ2v) is 6.20. The number of nitrogens with zero attached hydrogens (tertiary/aromatic N) is 4. The predicted molar refractivity (Wildman–Crippen MR) is 93.6 cm³/mol. The van der Waals surface area contributed by atoms with Gasteiger partial charge in [-0.1, -0.05) is 38.4 Å². The molecule has 0 saturated heterocycles. The molecule has 0 radical (unpaired) electrons. The molecule has 0 aliphatic rings. The Morgan fingerprint density at radius 1 is 1.29 bits per heavy atom. The zero-order valence-electron chi connectivity index (χ0n) is 20.5. The van der Waals surface area contributed by atoms with Crippen molar-refractivity contribution in [3.63, 3.8) is 0 Å². The number of hydrogen-bond acceptors (Lipinski definition) is 3. The van der Waals surface area contributed by atoms with Crippen LogP contribution in [0.4, 0.5) is 10.6 Å². The van der Waals surface area contributed by atoms with Gasteiger partial charge < -0.3 is 0 Å². The van der Waals surface area contributed by atoms with Crippen molar-refractivity contribution in [3.05, 3.63) is 60.2 Å². The zero-order chi connectivity index (χ0) is 23.3. The monoisotopic (exact) mass is 330 g/mol. The number of hydrogen-bond donors (Lipinski definition) is 1. The lowest BCUT2D eigenvalue weighted by atomic mass is 9.92. The van der Waals surface area contributed by atoms with Crippen LogP contribution in [-0.4, -0.2) is 25.4 Å². The van der Waals surface area contributed by atoms with Gasteiger partial charge in [-0.25, -0.2) is 14.5 Å². The largest absolute Gasteiger partial charge is 0.332 e. The minimum atomic E-state index is -2.82. The number of carbonyl (C=O) groups is 1. The molecule has 0 aliphatic heterocycles. The van der Waals surface area contributed by atoms with E-state index in [1.54, 1.807) is 6.07 Å². The second kappa shape index (κ2) is 5.96. The van der Waals surface area contributed by atoms with Gasteiger partial charge in [-0.2, -0.15) is 5.10 Å². The van der Waals surface area contributed by atoms with Crippen LogP contribution in [0.3, 0.4) is 0 Å². The molecule has 1 amide bonds. The van der Waals surface area contributed by atoms with Gasteiger partial charge in [0.25, 0.3) is 0 Å². The van der Waals surface area contributed by atoms with Crippen molar-refractivity contribution in [3.8, 4) is 5.69 Å².